The topological polar surface area (TPSA) is 59.8 Å². The van der Waals surface area contributed by atoms with E-state index in [0.29, 0.717) is 16.8 Å². The van der Waals surface area contributed by atoms with E-state index >= 15 is 0 Å². The van der Waals surface area contributed by atoms with Gasteiger partial charge >= 0.3 is 6.18 Å². The molecule has 1 N–H and O–H groups in total. The number of hydrogen-bond donors (Lipinski definition) is 1. The van der Waals surface area contributed by atoms with Crippen molar-refractivity contribution in [3.8, 4) is 0 Å². The molecule has 25 heavy (non-hydrogen) atoms. The fraction of sp³-hybridized carbons (Fsp3) is 0.438. The lowest BCUT2D eigenvalue weighted by Gasteiger charge is -2.10. The third-order valence-corrected chi connectivity index (χ3v) is 4.77. The quantitative estimate of drug-likeness (QED) is 0.787. The van der Waals surface area contributed by atoms with Crippen LogP contribution in [0.2, 0.25) is 0 Å². The summed E-state index contributed by atoms with van der Waals surface area (Å²) in [7, 11) is 0. The van der Waals surface area contributed by atoms with Gasteiger partial charge in [-0.3, -0.25) is 4.79 Å². The van der Waals surface area contributed by atoms with Gasteiger partial charge in [0.05, 0.1) is 22.5 Å². The van der Waals surface area contributed by atoms with Crippen molar-refractivity contribution in [3.05, 3.63) is 35.7 Å². The largest absolute Gasteiger partial charge is 0.417 e. The minimum Gasteiger partial charge on any atom is -0.310 e. The second-order valence-corrected chi connectivity index (χ2v) is 7.02. The molecular weight excluding hydrogens is 353 g/mol. The number of pyridine rings is 1. The number of nitrogens with one attached hydrogen (secondary N) is 1. The van der Waals surface area contributed by atoms with E-state index in [4.69, 9.17) is 0 Å². The van der Waals surface area contributed by atoms with Crippen molar-refractivity contribution >= 4 is 23.5 Å². The number of aryl methyl sites for hydroxylation is 1. The standard InChI is InChI=1S/C16H17F3N4OS/c1-10-6-21-23(8-11-2-3-11)15(10)22-13(24)9-25-14-5-4-12(7-20-14)16(17,18)19/h4-7,11H,2-3,8-9H2,1H3,(H,22,24). The number of alkyl halides is 3. The zero-order valence-corrected chi connectivity index (χ0v) is 14.3. The van der Waals surface area contributed by atoms with Crippen LogP contribution in [0.3, 0.4) is 0 Å². The molecule has 1 aliphatic carbocycles. The van der Waals surface area contributed by atoms with E-state index in [1.165, 1.54) is 18.9 Å². The Morgan fingerprint density at radius 3 is 2.72 bits per heavy atom. The fourth-order valence-electron chi connectivity index (χ4n) is 2.27. The minimum absolute atomic E-state index is 0.0619. The maximum absolute atomic E-state index is 12.5. The molecule has 1 fully saturated rings. The molecule has 0 bridgehead atoms. The summed E-state index contributed by atoms with van der Waals surface area (Å²) in [6.07, 6.45) is 0.437. The number of hydrogen-bond acceptors (Lipinski definition) is 4. The lowest BCUT2D eigenvalue weighted by Crippen LogP contribution is -2.18. The molecule has 0 radical (unpaired) electrons. The maximum atomic E-state index is 12.5. The van der Waals surface area contributed by atoms with E-state index in [-0.39, 0.29) is 11.7 Å². The Balaban J connectivity index is 1.55. The molecule has 2 aromatic heterocycles. The van der Waals surface area contributed by atoms with Crippen molar-refractivity contribution in [2.45, 2.75) is 37.5 Å². The molecule has 0 aromatic carbocycles. The number of carbonyl (C=O) groups excluding carboxylic acids is 1. The third kappa shape index (κ3) is 4.75. The molecular formula is C16H17F3N4OS. The van der Waals surface area contributed by atoms with Gasteiger partial charge in [0.25, 0.3) is 0 Å². The highest BCUT2D eigenvalue weighted by Crippen LogP contribution is 2.32. The van der Waals surface area contributed by atoms with Gasteiger partial charge in [-0.2, -0.15) is 18.3 Å². The van der Waals surface area contributed by atoms with Gasteiger partial charge in [0.2, 0.25) is 5.91 Å². The van der Waals surface area contributed by atoms with Crippen LogP contribution in [0.1, 0.15) is 24.0 Å². The number of rotatable bonds is 6. The highest BCUT2D eigenvalue weighted by atomic mass is 32.2. The number of halogens is 3. The summed E-state index contributed by atoms with van der Waals surface area (Å²) in [6, 6.07) is 2.23. The summed E-state index contributed by atoms with van der Waals surface area (Å²) in [5, 5.41) is 7.47. The first-order chi connectivity index (χ1) is 11.8. The number of carbonyl (C=O) groups is 1. The van der Waals surface area contributed by atoms with Crippen LogP contribution in [0.15, 0.2) is 29.6 Å². The first-order valence-electron chi connectivity index (χ1n) is 7.81. The predicted octanol–water partition coefficient (Wildman–Crippen LogP) is 3.75. The second-order valence-electron chi connectivity index (χ2n) is 6.02. The molecule has 5 nitrogen and oxygen atoms in total. The summed E-state index contributed by atoms with van der Waals surface area (Å²) < 4.78 is 39.3. The summed E-state index contributed by atoms with van der Waals surface area (Å²) in [6.45, 7) is 2.66. The normalized spacial score (nSPS) is 14.6. The average molecular weight is 370 g/mol. The molecule has 1 aliphatic rings. The molecule has 0 atom stereocenters. The van der Waals surface area contributed by atoms with E-state index in [1.807, 2.05) is 6.92 Å². The molecule has 0 unspecified atom stereocenters. The van der Waals surface area contributed by atoms with E-state index in [9.17, 15) is 18.0 Å². The molecule has 0 aliphatic heterocycles. The first kappa shape index (κ1) is 17.8. The maximum Gasteiger partial charge on any atom is 0.417 e. The van der Waals surface area contributed by atoms with Gasteiger partial charge in [-0.05, 0) is 37.8 Å². The Hall–Kier alpha value is -2.03. The smallest absolute Gasteiger partial charge is 0.310 e. The SMILES string of the molecule is Cc1cnn(CC2CC2)c1NC(=O)CSc1ccc(C(F)(F)F)cn1. The molecule has 3 rings (SSSR count). The van der Waals surface area contributed by atoms with Crippen molar-refractivity contribution in [1.82, 2.24) is 14.8 Å². The number of amides is 1. The Labute approximate surface area is 147 Å². The van der Waals surface area contributed by atoms with Gasteiger partial charge in [-0.25, -0.2) is 9.67 Å². The summed E-state index contributed by atoms with van der Waals surface area (Å²) in [4.78, 5) is 15.9. The van der Waals surface area contributed by atoms with Crippen LogP contribution in [0, 0.1) is 12.8 Å². The zero-order valence-electron chi connectivity index (χ0n) is 13.5. The highest BCUT2D eigenvalue weighted by Gasteiger charge is 2.30. The van der Waals surface area contributed by atoms with Crippen LogP contribution < -0.4 is 5.32 Å². The molecule has 2 aromatic rings. The third-order valence-electron chi connectivity index (χ3n) is 3.82. The zero-order chi connectivity index (χ0) is 18.0. The van der Waals surface area contributed by atoms with Gasteiger partial charge in [0.1, 0.15) is 5.82 Å². The molecule has 0 saturated heterocycles. The van der Waals surface area contributed by atoms with Crippen molar-refractivity contribution in [1.29, 1.82) is 0 Å². The molecule has 134 valence electrons. The monoisotopic (exact) mass is 370 g/mol. The molecule has 0 spiro atoms. The molecule has 1 saturated carbocycles. The van der Waals surface area contributed by atoms with Crippen LogP contribution >= 0.6 is 11.8 Å². The van der Waals surface area contributed by atoms with E-state index < -0.39 is 11.7 Å². The highest BCUT2D eigenvalue weighted by molar-refractivity contribution is 7.99. The Morgan fingerprint density at radius 2 is 2.12 bits per heavy atom. The van der Waals surface area contributed by atoms with Gasteiger partial charge < -0.3 is 5.32 Å². The number of aromatic nitrogens is 3. The van der Waals surface area contributed by atoms with Crippen molar-refractivity contribution < 1.29 is 18.0 Å². The lowest BCUT2D eigenvalue weighted by atomic mass is 10.3. The average Bonchev–Trinajstić information content (AvgIpc) is 3.32. The van der Waals surface area contributed by atoms with Crippen LogP contribution in [0.25, 0.3) is 0 Å². The van der Waals surface area contributed by atoms with Gasteiger partial charge in [-0.1, -0.05) is 11.8 Å². The molecule has 2 heterocycles. The van der Waals surface area contributed by atoms with Crippen molar-refractivity contribution in [3.63, 3.8) is 0 Å². The Bertz CT molecular complexity index is 754. The fourth-order valence-corrected chi connectivity index (χ4v) is 2.91. The summed E-state index contributed by atoms with van der Waals surface area (Å²) in [5.41, 5.74) is 0.0764. The summed E-state index contributed by atoms with van der Waals surface area (Å²) >= 11 is 1.09. The van der Waals surface area contributed by atoms with Gasteiger partial charge in [-0.15, -0.1) is 0 Å². The van der Waals surface area contributed by atoms with Crippen LogP contribution in [-0.4, -0.2) is 26.4 Å². The van der Waals surface area contributed by atoms with Crippen LogP contribution in [-0.2, 0) is 17.5 Å². The number of anilines is 1. The number of nitrogens with zero attached hydrogens (tertiary/aromatic N) is 3. The summed E-state index contributed by atoms with van der Waals surface area (Å²) in [5.74, 6) is 1.12. The van der Waals surface area contributed by atoms with E-state index in [2.05, 4.69) is 15.4 Å². The second kappa shape index (κ2) is 7.07. The van der Waals surface area contributed by atoms with Crippen LogP contribution in [0.5, 0.6) is 0 Å². The lowest BCUT2D eigenvalue weighted by molar-refractivity contribution is -0.137. The first-order valence-corrected chi connectivity index (χ1v) is 8.80. The van der Waals surface area contributed by atoms with Crippen molar-refractivity contribution in [2.75, 3.05) is 11.1 Å². The van der Waals surface area contributed by atoms with E-state index in [0.717, 1.165) is 36.1 Å². The Morgan fingerprint density at radius 1 is 1.36 bits per heavy atom. The van der Waals surface area contributed by atoms with Gasteiger partial charge in [0.15, 0.2) is 0 Å². The molecule has 9 heteroatoms. The van der Waals surface area contributed by atoms with Crippen molar-refractivity contribution in [2.24, 2.45) is 5.92 Å². The van der Waals surface area contributed by atoms with Crippen LogP contribution in [0.4, 0.5) is 19.0 Å². The number of thioether (sulfide) groups is 1. The Kier molecular flexibility index (Phi) is 5.03. The van der Waals surface area contributed by atoms with E-state index in [1.54, 1.807) is 10.9 Å². The molecule has 1 amide bonds. The minimum atomic E-state index is -4.41. The predicted molar refractivity (Wildman–Crippen MR) is 88.3 cm³/mol. The van der Waals surface area contributed by atoms with Gasteiger partial charge in [0, 0.05) is 18.3 Å².